The van der Waals surface area contributed by atoms with Crippen molar-refractivity contribution in [2.24, 2.45) is 11.3 Å². The number of nitrogens with zero attached hydrogens (tertiary/aromatic N) is 1. The zero-order chi connectivity index (χ0) is 13.2. The van der Waals surface area contributed by atoms with Gasteiger partial charge in [-0.2, -0.15) is 0 Å². The van der Waals surface area contributed by atoms with E-state index in [1.54, 1.807) is 11.9 Å². The van der Waals surface area contributed by atoms with Gasteiger partial charge in [-0.15, -0.1) is 0 Å². The van der Waals surface area contributed by atoms with E-state index in [1.165, 1.54) is 12.8 Å². The van der Waals surface area contributed by atoms with Crippen molar-refractivity contribution in [1.29, 1.82) is 0 Å². The van der Waals surface area contributed by atoms with E-state index in [1.807, 2.05) is 0 Å². The van der Waals surface area contributed by atoms with Gasteiger partial charge >= 0.3 is 12.0 Å². The summed E-state index contributed by atoms with van der Waals surface area (Å²) in [5.41, 5.74) is -0.726. The highest BCUT2D eigenvalue weighted by Gasteiger charge is 2.41. The minimum absolute atomic E-state index is 0.144. The molecule has 0 unspecified atom stereocenters. The number of carboxylic acids is 1. The summed E-state index contributed by atoms with van der Waals surface area (Å²) in [4.78, 5) is 24.8. The number of carbonyl (C=O) groups is 2. The van der Waals surface area contributed by atoms with Crippen LogP contribution in [-0.4, -0.2) is 42.1 Å². The van der Waals surface area contributed by atoms with E-state index < -0.39 is 11.4 Å². The molecule has 0 aliphatic heterocycles. The summed E-state index contributed by atoms with van der Waals surface area (Å²) in [6.45, 7) is 1.04. The molecule has 2 N–H and O–H groups in total. The smallest absolute Gasteiger partial charge is 0.317 e. The number of hydrogen-bond acceptors (Lipinski definition) is 2. The summed E-state index contributed by atoms with van der Waals surface area (Å²) in [7, 11) is 1.77. The molecule has 2 fully saturated rings. The van der Waals surface area contributed by atoms with E-state index in [2.05, 4.69) is 5.32 Å². The van der Waals surface area contributed by atoms with Crippen LogP contribution in [0.25, 0.3) is 0 Å². The lowest BCUT2D eigenvalue weighted by Crippen LogP contribution is -2.46. The number of nitrogens with one attached hydrogen (secondary N) is 1. The summed E-state index contributed by atoms with van der Waals surface area (Å²) in [6, 6.07) is -0.144. The Labute approximate surface area is 108 Å². The van der Waals surface area contributed by atoms with Crippen LogP contribution in [0.5, 0.6) is 0 Å². The van der Waals surface area contributed by atoms with E-state index in [-0.39, 0.29) is 12.6 Å². The number of hydrogen-bond donors (Lipinski definition) is 2. The second-order valence-corrected chi connectivity index (χ2v) is 5.78. The molecule has 0 aromatic heterocycles. The maximum atomic E-state index is 11.8. The average molecular weight is 254 g/mol. The molecule has 2 saturated carbocycles. The summed E-state index contributed by atoms with van der Waals surface area (Å²) in [5, 5.41) is 12.1. The van der Waals surface area contributed by atoms with Crippen molar-refractivity contribution in [2.45, 2.75) is 38.5 Å². The van der Waals surface area contributed by atoms with Gasteiger partial charge < -0.3 is 15.3 Å². The van der Waals surface area contributed by atoms with Gasteiger partial charge in [0, 0.05) is 20.1 Å². The van der Waals surface area contributed by atoms with E-state index in [0.717, 1.165) is 19.4 Å². The SMILES string of the molecule is CN(CC1CC1)C(=O)NCC1(C(=O)O)CCCC1. The maximum absolute atomic E-state index is 11.8. The second-order valence-electron chi connectivity index (χ2n) is 5.78. The van der Waals surface area contributed by atoms with E-state index in [4.69, 9.17) is 0 Å². The molecule has 2 aliphatic carbocycles. The fraction of sp³-hybridized carbons (Fsp3) is 0.846. The third-order valence-corrected chi connectivity index (χ3v) is 4.17. The van der Waals surface area contributed by atoms with E-state index in [0.29, 0.717) is 18.8 Å². The van der Waals surface area contributed by atoms with Gasteiger partial charge in [-0.25, -0.2) is 4.79 Å². The zero-order valence-corrected chi connectivity index (χ0v) is 10.9. The molecule has 0 spiro atoms. The molecule has 0 saturated heterocycles. The van der Waals surface area contributed by atoms with Crippen LogP contribution in [0, 0.1) is 11.3 Å². The molecular weight excluding hydrogens is 232 g/mol. The van der Waals surface area contributed by atoms with Gasteiger partial charge in [0.25, 0.3) is 0 Å². The number of amides is 2. The van der Waals surface area contributed by atoms with Crippen LogP contribution in [0.3, 0.4) is 0 Å². The molecule has 18 heavy (non-hydrogen) atoms. The van der Waals surface area contributed by atoms with Crippen molar-refractivity contribution in [1.82, 2.24) is 10.2 Å². The third-order valence-electron chi connectivity index (χ3n) is 4.17. The molecule has 5 heteroatoms. The summed E-state index contributed by atoms with van der Waals surface area (Å²) < 4.78 is 0. The first-order valence-electron chi connectivity index (χ1n) is 6.76. The first-order valence-corrected chi connectivity index (χ1v) is 6.76. The number of urea groups is 1. The lowest BCUT2D eigenvalue weighted by atomic mass is 9.86. The topological polar surface area (TPSA) is 69.6 Å². The average Bonchev–Trinajstić information content (AvgIpc) is 3.01. The lowest BCUT2D eigenvalue weighted by Gasteiger charge is -2.26. The van der Waals surface area contributed by atoms with Crippen LogP contribution in [-0.2, 0) is 4.79 Å². The van der Waals surface area contributed by atoms with Gasteiger partial charge in [-0.1, -0.05) is 12.8 Å². The van der Waals surface area contributed by atoms with Crippen molar-refractivity contribution in [3.63, 3.8) is 0 Å². The van der Waals surface area contributed by atoms with Gasteiger partial charge in [0.1, 0.15) is 0 Å². The highest BCUT2D eigenvalue weighted by molar-refractivity contribution is 5.78. The Morgan fingerprint density at radius 3 is 2.44 bits per heavy atom. The molecule has 2 aliphatic rings. The minimum Gasteiger partial charge on any atom is -0.481 e. The number of carbonyl (C=O) groups excluding carboxylic acids is 1. The Morgan fingerprint density at radius 1 is 1.33 bits per heavy atom. The highest BCUT2D eigenvalue weighted by Crippen LogP contribution is 2.37. The second kappa shape index (κ2) is 5.16. The molecule has 2 amide bonds. The van der Waals surface area contributed by atoms with Gasteiger partial charge in [0.15, 0.2) is 0 Å². The first kappa shape index (κ1) is 13.2. The maximum Gasteiger partial charge on any atom is 0.317 e. The monoisotopic (exact) mass is 254 g/mol. The number of rotatable bonds is 5. The van der Waals surface area contributed by atoms with Crippen LogP contribution in [0.4, 0.5) is 4.79 Å². The van der Waals surface area contributed by atoms with Crippen molar-refractivity contribution in [3.05, 3.63) is 0 Å². The normalized spacial score (nSPS) is 21.6. The van der Waals surface area contributed by atoms with Crippen molar-refractivity contribution in [3.8, 4) is 0 Å². The molecular formula is C13H22N2O3. The van der Waals surface area contributed by atoms with Gasteiger partial charge in [-0.05, 0) is 31.6 Å². The molecule has 0 aromatic carbocycles. The molecule has 2 rings (SSSR count). The van der Waals surface area contributed by atoms with Crippen LogP contribution < -0.4 is 5.32 Å². The van der Waals surface area contributed by atoms with E-state index in [9.17, 15) is 14.7 Å². The van der Waals surface area contributed by atoms with Crippen LogP contribution >= 0.6 is 0 Å². The fourth-order valence-corrected chi connectivity index (χ4v) is 2.67. The zero-order valence-electron chi connectivity index (χ0n) is 10.9. The van der Waals surface area contributed by atoms with Crippen molar-refractivity contribution < 1.29 is 14.7 Å². The Kier molecular flexibility index (Phi) is 3.78. The minimum atomic E-state index is -0.773. The van der Waals surface area contributed by atoms with Gasteiger partial charge in [0.2, 0.25) is 0 Å². The quantitative estimate of drug-likeness (QED) is 0.784. The van der Waals surface area contributed by atoms with Gasteiger partial charge in [-0.3, -0.25) is 4.79 Å². The lowest BCUT2D eigenvalue weighted by molar-refractivity contribution is -0.148. The highest BCUT2D eigenvalue weighted by atomic mass is 16.4. The Hall–Kier alpha value is -1.26. The number of carboxylic acid groups (broad SMARTS) is 1. The number of aliphatic carboxylic acids is 1. The molecule has 0 heterocycles. The molecule has 102 valence electrons. The predicted molar refractivity (Wildman–Crippen MR) is 67.3 cm³/mol. The Bertz CT molecular complexity index is 333. The first-order chi connectivity index (χ1) is 8.53. The Balaban J connectivity index is 1.81. The van der Waals surface area contributed by atoms with Crippen molar-refractivity contribution in [2.75, 3.05) is 20.1 Å². The standard InChI is InChI=1S/C13H22N2O3/c1-15(8-10-4-5-10)12(18)14-9-13(11(16)17)6-2-3-7-13/h10H,2-9H2,1H3,(H,14,18)(H,16,17). The molecule has 0 aromatic rings. The summed E-state index contributed by atoms with van der Waals surface area (Å²) in [6.07, 6.45) is 5.65. The van der Waals surface area contributed by atoms with Crippen LogP contribution in [0.2, 0.25) is 0 Å². The van der Waals surface area contributed by atoms with Crippen LogP contribution in [0.15, 0.2) is 0 Å². The molecule has 0 radical (unpaired) electrons. The summed E-state index contributed by atoms with van der Waals surface area (Å²) >= 11 is 0. The molecule has 0 atom stereocenters. The summed E-state index contributed by atoms with van der Waals surface area (Å²) in [5.74, 6) is -0.120. The van der Waals surface area contributed by atoms with Gasteiger partial charge in [0.05, 0.1) is 5.41 Å². The van der Waals surface area contributed by atoms with Crippen molar-refractivity contribution >= 4 is 12.0 Å². The third kappa shape index (κ3) is 2.94. The predicted octanol–water partition coefficient (Wildman–Crippen LogP) is 1.68. The Morgan fingerprint density at radius 2 is 1.94 bits per heavy atom. The molecule has 5 nitrogen and oxygen atoms in total. The van der Waals surface area contributed by atoms with Crippen LogP contribution in [0.1, 0.15) is 38.5 Å². The fourth-order valence-electron chi connectivity index (χ4n) is 2.67. The van der Waals surface area contributed by atoms with E-state index >= 15 is 0 Å². The molecule has 0 bridgehead atoms. The largest absolute Gasteiger partial charge is 0.481 e.